The highest BCUT2D eigenvalue weighted by atomic mass is 32.1. The van der Waals surface area contributed by atoms with Crippen LogP contribution in [-0.4, -0.2) is 23.5 Å². The average molecular weight is 223 g/mol. The van der Waals surface area contributed by atoms with Crippen LogP contribution in [0, 0.1) is 12.3 Å². The first kappa shape index (κ1) is 11.3. The summed E-state index contributed by atoms with van der Waals surface area (Å²) in [4.78, 5) is 22.5. The maximum Gasteiger partial charge on any atom is 0.345 e. The van der Waals surface area contributed by atoms with Crippen LogP contribution in [-0.2, 0) is 0 Å². The summed E-state index contributed by atoms with van der Waals surface area (Å²) in [6, 6.07) is 2.89. The number of hydrogen-bond donors (Lipinski definition) is 2. The fraction of sp³-hybridized carbons (Fsp3) is 0.200. The molecule has 0 fully saturated rings. The van der Waals surface area contributed by atoms with Crippen molar-refractivity contribution in [3.63, 3.8) is 0 Å². The molecule has 15 heavy (non-hydrogen) atoms. The van der Waals surface area contributed by atoms with E-state index in [9.17, 15) is 9.59 Å². The Morgan fingerprint density at radius 2 is 2.13 bits per heavy atom. The van der Waals surface area contributed by atoms with Gasteiger partial charge in [0.25, 0.3) is 5.91 Å². The van der Waals surface area contributed by atoms with Gasteiger partial charge in [-0.05, 0) is 12.1 Å². The maximum absolute atomic E-state index is 11.4. The van der Waals surface area contributed by atoms with Crippen molar-refractivity contribution in [2.75, 3.05) is 6.54 Å². The Labute approximate surface area is 90.9 Å². The molecule has 5 heteroatoms. The van der Waals surface area contributed by atoms with Crippen LogP contribution in [0.25, 0.3) is 0 Å². The summed E-state index contributed by atoms with van der Waals surface area (Å²) in [6.07, 6.45) is 5.48. The normalized spacial score (nSPS) is 9.27. The van der Waals surface area contributed by atoms with E-state index in [0.717, 1.165) is 11.3 Å². The number of rotatable bonds is 4. The van der Waals surface area contributed by atoms with E-state index in [2.05, 4.69) is 11.2 Å². The molecule has 1 aromatic heterocycles. The quantitative estimate of drug-likeness (QED) is 0.595. The number of terminal acetylenes is 1. The second kappa shape index (κ2) is 5.17. The van der Waals surface area contributed by atoms with Gasteiger partial charge in [-0.2, -0.15) is 0 Å². The number of nitrogens with one attached hydrogen (secondary N) is 1. The molecule has 78 valence electrons. The summed E-state index contributed by atoms with van der Waals surface area (Å²) >= 11 is 0.944. The molecule has 1 heterocycles. The van der Waals surface area contributed by atoms with Gasteiger partial charge in [-0.1, -0.05) is 0 Å². The Morgan fingerprint density at radius 1 is 1.47 bits per heavy atom. The summed E-state index contributed by atoms with van der Waals surface area (Å²) in [5, 5.41) is 11.2. The molecule has 2 N–H and O–H groups in total. The average Bonchev–Trinajstić information content (AvgIpc) is 2.66. The standard InChI is InChI=1S/C10H9NO3S/c1-2-3-6-11-9(12)7-4-5-8(15-7)10(13)14/h1,4-5H,3,6H2,(H,11,12)(H,13,14). The van der Waals surface area contributed by atoms with Gasteiger partial charge in [0.15, 0.2) is 0 Å². The fourth-order valence-electron chi connectivity index (χ4n) is 0.910. The van der Waals surface area contributed by atoms with Crippen molar-refractivity contribution in [1.82, 2.24) is 5.32 Å². The smallest absolute Gasteiger partial charge is 0.345 e. The molecular weight excluding hydrogens is 214 g/mol. The van der Waals surface area contributed by atoms with Crippen LogP contribution >= 0.6 is 11.3 Å². The Hall–Kier alpha value is -1.80. The highest BCUT2D eigenvalue weighted by Gasteiger charge is 2.11. The monoisotopic (exact) mass is 223 g/mol. The van der Waals surface area contributed by atoms with Gasteiger partial charge in [-0.3, -0.25) is 4.79 Å². The van der Waals surface area contributed by atoms with E-state index in [1.54, 1.807) is 0 Å². The summed E-state index contributed by atoms with van der Waals surface area (Å²) in [5.41, 5.74) is 0. The van der Waals surface area contributed by atoms with E-state index in [4.69, 9.17) is 11.5 Å². The van der Waals surface area contributed by atoms with Crippen molar-refractivity contribution in [2.24, 2.45) is 0 Å². The fourth-order valence-corrected chi connectivity index (χ4v) is 1.67. The number of aromatic carboxylic acids is 1. The topological polar surface area (TPSA) is 66.4 Å². The highest BCUT2D eigenvalue weighted by Crippen LogP contribution is 2.15. The van der Waals surface area contributed by atoms with Gasteiger partial charge in [0.1, 0.15) is 4.88 Å². The number of thiophene rings is 1. The van der Waals surface area contributed by atoms with E-state index in [-0.39, 0.29) is 10.8 Å². The van der Waals surface area contributed by atoms with Crippen molar-refractivity contribution < 1.29 is 14.7 Å². The molecule has 4 nitrogen and oxygen atoms in total. The SMILES string of the molecule is C#CCCNC(=O)c1ccc(C(=O)O)s1. The van der Waals surface area contributed by atoms with Crippen LogP contribution in [0.2, 0.25) is 0 Å². The van der Waals surface area contributed by atoms with Crippen LogP contribution in [0.15, 0.2) is 12.1 Å². The first-order chi connectivity index (χ1) is 7.15. The lowest BCUT2D eigenvalue weighted by Crippen LogP contribution is -2.23. The molecular formula is C10H9NO3S. The van der Waals surface area contributed by atoms with Gasteiger partial charge in [0.05, 0.1) is 4.88 Å². The first-order valence-electron chi connectivity index (χ1n) is 4.20. The lowest BCUT2D eigenvalue weighted by Gasteiger charge is -1.98. The number of carboxylic acid groups (broad SMARTS) is 1. The van der Waals surface area contributed by atoms with E-state index in [1.165, 1.54) is 12.1 Å². The summed E-state index contributed by atoms with van der Waals surface area (Å²) in [7, 11) is 0. The molecule has 0 aliphatic rings. The lowest BCUT2D eigenvalue weighted by atomic mass is 10.4. The van der Waals surface area contributed by atoms with E-state index in [0.29, 0.717) is 17.8 Å². The number of carboxylic acids is 1. The Kier molecular flexibility index (Phi) is 3.89. The van der Waals surface area contributed by atoms with Crippen molar-refractivity contribution in [3.05, 3.63) is 21.9 Å². The van der Waals surface area contributed by atoms with Gasteiger partial charge >= 0.3 is 5.97 Å². The predicted molar refractivity (Wildman–Crippen MR) is 57.1 cm³/mol. The Bertz CT molecular complexity index is 417. The minimum atomic E-state index is -1.03. The minimum absolute atomic E-state index is 0.150. The van der Waals surface area contributed by atoms with Gasteiger partial charge in [0.2, 0.25) is 0 Å². The van der Waals surface area contributed by atoms with E-state index in [1.807, 2.05) is 0 Å². The molecule has 1 amide bonds. The van der Waals surface area contributed by atoms with Crippen molar-refractivity contribution >= 4 is 23.2 Å². The number of carbonyl (C=O) groups is 2. The molecule has 0 aromatic carbocycles. The molecule has 1 rings (SSSR count). The third kappa shape index (κ3) is 3.11. The van der Waals surface area contributed by atoms with Crippen molar-refractivity contribution in [1.29, 1.82) is 0 Å². The van der Waals surface area contributed by atoms with Gasteiger partial charge in [-0.15, -0.1) is 23.7 Å². The zero-order valence-corrected chi connectivity index (χ0v) is 8.63. The highest BCUT2D eigenvalue weighted by molar-refractivity contribution is 7.15. The molecule has 0 saturated carbocycles. The van der Waals surface area contributed by atoms with Gasteiger partial charge < -0.3 is 10.4 Å². The molecule has 0 saturated heterocycles. The van der Waals surface area contributed by atoms with Crippen LogP contribution in [0.4, 0.5) is 0 Å². The molecule has 1 aromatic rings. The molecule has 0 unspecified atom stereocenters. The molecule has 0 aliphatic heterocycles. The maximum atomic E-state index is 11.4. The number of hydrogen-bond acceptors (Lipinski definition) is 3. The third-order valence-corrected chi connectivity index (χ3v) is 2.67. The second-order valence-electron chi connectivity index (χ2n) is 2.68. The van der Waals surface area contributed by atoms with Crippen molar-refractivity contribution in [3.8, 4) is 12.3 Å². The number of amides is 1. The van der Waals surface area contributed by atoms with E-state index < -0.39 is 5.97 Å². The van der Waals surface area contributed by atoms with Gasteiger partial charge in [-0.25, -0.2) is 4.79 Å². The van der Waals surface area contributed by atoms with Crippen LogP contribution in [0.5, 0.6) is 0 Å². The summed E-state index contributed by atoms with van der Waals surface area (Å²) < 4.78 is 0. The molecule has 0 bridgehead atoms. The molecule has 0 aliphatic carbocycles. The first-order valence-corrected chi connectivity index (χ1v) is 5.01. The largest absolute Gasteiger partial charge is 0.477 e. The van der Waals surface area contributed by atoms with Crippen LogP contribution in [0.1, 0.15) is 25.8 Å². The van der Waals surface area contributed by atoms with Crippen LogP contribution in [0.3, 0.4) is 0 Å². The molecule has 0 radical (unpaired) electrons. The lowest BCUT2D eigenvalue weighted by molar-refractivity contribution is 0.0702. The summed E-state index contributed by atoms with van der Waals surface area (Å²) in [5.74, 6) is 1.08. The van der Waals surface area contributed by atoms with Crippen LogP contribution < -0.4 is 5.32 Å². The Morgan fingerprint density at radius 3 is 2.67 bits per heavy atom. The molecule has 0 atom stereocenters. The molecule has 0 spiro atoms. The van der Waals surface area contributed by atoms with Gasteiger partial charge in [0, 0.05) is 13.0 Å². The number of carbonyl (C=O) groups excluding carboxylic acids is 1. The third-order valence-electron chi connectivity index (χ3n) is 1.60. The Balaban J connectivity index is 2.59. The van der Waals surface area contributed by atoms with E-state index >= 15 is 0 Å². The zero-order valence-electron chi connectivity index (χ0n) is 7.82. The zero-order chi connectivity index (χ0) is 11.3. The predicted octanol–water partition coefficient (Wildman–Crippen LogP) is 1.20. The summed E-state index contributed by atoms with van der Waals surface area (Å²) in [6.45, 7) is 0.398. The second-order valence-corrected chi connectivity index (χ2v) is 3.76. The minimum Gasteiger partial charge on any atom is -0.477 e. The van der Waals surface area contributed by atoms with Crippen molar-refractivity contribution in [2.45, 2.75) is 6.42 Å².